The molecular formula is C14H21Cl2N5O. The van der Waals surface area contributed by atoms with Gasteiger partial charge in [0.2, 0.25) is 5.96 Å². The van der Waals surface area contributed by atoms with Gasteiger partial charge < -0.3 is 21.1 Å². The first kappa shape index (κ1) is 20.1. The van der Waals surface area contributed by atoms with Crippen LogP contribution >= 0.6 is 24.8 Å². The lowest BCUT2D eigenvalue weighted by Crippen LogP contribution is -2.40. The van der Waals surface area contributed by atoms with Crippen LogP contribution in [0.5, 0.6) is 5.75 Å². The van der Waals surface area contributed by atoms with E-state index < -0.39 is 0 Å². The van der Waals surface area contributed by atoms with E-state index in [2.05, 4.69) is 22.1 Å². The van der Waals surface area contributed by atoms with Gasteiger partial charge >= 0.3 is 0 Å². The molecule has 0 spiro atoms. The number of nitrogens with two attached hydrogens (primary N) is 2. The van der Waals surface area contributed by atoms with Gasteiger partial charge in [-0.1, -0.05) is 12.2 Å². The fraction of sp³-hybridized carbons (Fsp3) is 0.286. The molecule has 0 saturated heterocycles. The summed E-state index contributed by atoms with van der Waals surface area (Å²) in [5.74, 6) is 1.30. The van der Waals surface area contributed by atoms with Gasteiger partial charge in [0, 0.05) is 13.1 Å². The van der Waals surface area contributed by atoms with Crippen molar-refractivity contribution in [2.75, 3.05) is 20.2 Å². The first-order valence-electron chi connectivity index (χ1n) is 6.41. The molecule has 1 aromatic carbocycles. The zero-order valence-electron chi connectivity index (χ0n) is 12.3. The molecule has 0 amide bonds. The van der Waals surface area contributed by atoms with Crippen LogP contribution < -0.4 is 16.2 Å². The van der Waals surface area contributed by atoms with Crippen molar-refractivity contribution in [3.05, 3.63) is 36.4 Å². The lowest BCUT2D eigenvalue weighted by molar-refractivity contribution is 0.415. The highest BCUT2D eigenvalue weighted by Crippen LogP contribution is 2.17. The minimum atomic E-state index is 0. The number of rotatable bonds is 2. The Labute approximate surface area is 142 Å². The van der Waals surface area contributed by atoms with Gasteiger partial charge in [0.15, 0.2) is 5.96 Å². The van der Waals surface area contributed by atoms with Gasteiger partial charge in [-0.25, -0.2) is 4.99 Å². The van der Waals surface area contributed by atoms with Crippen LogP contribution in [0, 0.1) is 0 Å². The molecule has 1 aromatic rings. The molecular weight excluding hydrogens is 325 g/mol. The van der Waals surface area contributed by atoms with Crippen LogP contribution in [0.15, 0.2) is 46.4 Å². The third-order valence-electron chi connectivity index (χ3n) is 2.93. The quantitative estimate of drug-likeness (QED) is 0.487. The average Bonchev–Trinajstić information content (AvgIpc) is 2.49. The van der Waals surface area contributed by atoms with Crippen molar-refractivity contribution < 1.29 is 4.74 Å². The topological polar surface area (TPSA) is 89.2 Å². The van der Waals surface area contributed by atoms with Crippen molar-refractivity contribution in [1.29, 1.82) is 0 Å². The van der Waals surface area contributed by atoms with Crippen LogP contribution in [0.25, 0.3) is 0 Å². The van der Waals surface area contributed by atoms with E-state index in [0.717, 1.165) is 25.3 Å². The molecule has 122 valence electrons. The number of ether oxygens (including phenoxy) is 1. The fourth-order valence-electron chi connectivity index (χ4n) is 1.85. The Morgan fingerprint density at radius 1 is 1.14 bits per heavy atom. The first-order chi connectivity index (χ1) is 9.69. The largest absolute Gasteiger partial charge is 0.497 e. The summed E-state index contributed by atoms with van der Waals surface area (Å²) in [5.41, 5.74) is 12.4. The van der Waals surface area contributed by atoms with Gasteiger partial charge in [0.25, 0.3) is 0 Å². The number of aliphatic imine (C=N–C) groups is 2. The summed E-state index contributed by atoms with van der Waals surface area (Å²) in [4.78, 5) is 10.3. The summed E-state index contributed by atoms with van der Waals surface area (Å²) in [6, 6.07) is 7.24. The Bertz CT molecular complexity index is 543. The molecule has 0 unspecified atom stereocenters. The van der Waals surface area contributed by atoms with Crippen LogP contribution in [0.1, 0.15) is 6.42 Å². The fourth-order valence-corrected chi connectivity index (χ4v) is 1.85. The van der Waals surface area contributed by atoms with Crippen molar-refractivity contribution >= 4 is 42.4 Å². The molecule has 0 aromatic heterocycles. The van der Waals surface area contributed by atoms with E-state index in [1.807, 2.05) is 17.0 Å². The summed E-state index contributed by atoms with van der Waals surface area (Å²) in [6.07, 6.45) is 5.15. The standard InChI is InChI=1S/C14H19N5O.2ClH/c1-20-12-7-5-11(6-8-12)17-13(15)18-14(16)19-9-3-2-4-10-19;;/h2-3,5-8H,4,9-10H2,1H3,(H4,15,16,17,18);2*1H. The molecule has 0 aliphatic carbocycles. The van der Waals surface area contributed by atoms with E-state index in [-0.39, 0.29) is 30.8 Å². The molecule has 2 rings (SSSR count). The molecule has 0 bridgehead atoms. The lowest BCUT2D eigenvalue weighted by Gasteiger charge is -2.23. The van der Waals surface area contributed by atoms with Crippen molar-refractivity contribution in [2.24, 2.45) is 21.5 Å². The molecule has 0 atom stereocenters. The van der Waals surface area contributed by atoms with Crippen molar-refractivity contribution in [2.45, 2.75) is 6.42 Å². The van der Waals surface area contributed by atoms with Gasteiger partial charge in [-0.15, -0.1) is 24.8 Å². The normalized spacial score (nSPS) is 14.9. The second kappa shape index (κ2) is 9.92. The number of hydrogen-bond acceptors (Lipinski definition) is 2. The molecule has 0 saturated carbocycles. The summed E-state index contributed by atoms with van der Waals surface area (Å²) >= 11 is 0. The Kier molecular flexibility index (Phi) is 9.05. The van der Waals surface area contributed by atoms with E-state index in [9.17, 15) is 0 Å². The maximum absolute atomic E-state index is 5.91. The Morgan fingerprint density at radius 3 is 2.36 bits per heavy atom. The van der Waals surface area contributed by atoms with Crippen molar-refractivity contribution in [3.8, 4) is 5.75 Å². The van der Waals surface area contributed by atoms with E-state index >= 15 is 0 Å². The van der Waals surface area contributed by atoms with Crippen molar-refractivity contribution in [1.82, 2.24) is 4.90 Å². The smallest absolute Gasteiger partial charge is 0.223 e. The van der Waals surface area contributed by atoms with E-state index in [1.165, 1.54) is 0 Å². The van der Waals surface area contributed by atoms with Crippen LogP contribution in [0.3, 0.4) is 0 Å². The first-order valence-corrected chi connectivity index (χ1v) is 6.41. The van der Waals surface area contributed by atoms with Gasteiger partial charge in [-0.05, 0) is 30.7 Å². The highest BCUT2D eigenvalue weighted by Gasteiger charge is 2.08. The molecule has 0 fully saturated rings. The number of guanidine groups is 2. The summed E-state index contributed by atoms with van der Waals surface area (Å²) < 4.78 is 5.08. The summed E-state index contributed by atoms with van der Waals surface area (Å²) in [5, 5.41) is 0. The maximum atomic E-state index is 5.91. The van der Waals surface area contributed by atoms with E-state index in [4.69, 9.17) is 16.2 Å². The van der Waals surface area contributed by atoms with Gasteiger partial charge in [0.1, 0.15) is 5.75 Å². The van der Waals surface area contributed by atoms with Crippen LogP contribution in [0.2, 0.25) is 0 Å². The minimum Gasteiger partial charge on any atom is -0.497 e. The zero-order valence-corrected chi connectivity index (χ0v) is 13.9. The van der Waals surface area contributed by atoms with Crippen LogP contribution in [-0.2, 0) is 0 Å². The third kappa shape index (κ3) is 5.83. The molecule has 8 heteroatoms. The molecule has 0 radical (unpaired) electrons. The highest BCUT2D eigenvalue weighted by atomic mass is 35.5. The predicted molar refractivity (Wildman–Crippen MR) is 95.7 cm³/mol. The van der Waals surface area contributed by atoms with Crippen molar-refractivity contribution in [3.63, 3.8) is 0 Å². The second-order valence-corrected chi connectivity index (χ2v) is 4.34. The Hall–Kier alpha value is -1.92. The third-order valence-corrected chi connectivity index (χ3v) is 2.93. The Balaban J connectivity index is 0.00000220. The number of benzene rings is 1. The molecule has 1 heterocycles. The van der Waals surface area contributed by atoms with Crippen LogP contribution in [0.4, 0.5) is 5.69 Å². The molecule has 1 aliphatic heterocycles. The number of hydrogen-bond donors (Lipinski definition) is 2. The molecule has 1 aliphatic rings. The van der Waals surface area contributed by atoms with E-state index in [0.29, 0.717) is 11.6 Å². The molecule has 6 nitrogen and oxygen atoms in total. The van der Waals surface area contributed by atoms with E-state index in [1.54, 1.807) is 19.2 Å². The minimum absolute atomic E-state index is 0. The predicted octanol–water partition coefficient (Wildman–Crippen LogP) is 2.06. The second-order valence-electron chi connectivity index (χ2n) is 4.34. The molecule has 22 heavy (non-hydrogen) atoms. The van der Waals surface area contributed by atoms with Gasteiger partial charge in [-0.2, -0.15) is 4.99 Å². The SMILES string of the molecule is COc1ccc(N=C(N)/N=C(/N)N2CC=CCC2)cc1.Cl.Cl. The highest BCUT2D eigenvalue weighted by molar-refractivity contribution is 5.94. The summed E-state index contributed by atoms with van der Waals surface area (Å²) in [6.45, 7) is 1.60. The van der Waals surface area contributed by atoms with Crippen LogP contribution in [-0.4, -0.2) is 37.0 Å². The number of methoxy groups -OCH3 is 1. The van der Waals surface area contributed by atoms with Gasteiger partial charge in [0.05, 0.1) is 12.8 Å². The number of halogens is 2. The Morgan fingerprint density at radius 2 is 1.82 bits per heavy atom. The maximum Gasteiger partial charge on any atom is 0.223 e. The zero-order chi connectivity index (χ0) is 14.4. The summed E-state index contributed by atoms with van der Waals surface area (Å²) in [7, 11) is 1.62. The molecule has 4 N–H and O–H groups in total. The number of nitrogens with zero attached hydrogens (tertiary/aromatic N) is 3. The average molecular weight is 346 g/mol. The monoisotopic (exact) mass is 345 g/mol. The van der Waals surface area contributed by atoms with Gasteiger partial charge in [-0.3, -0.25) is 0 Å². The lowest BCUT2D eigenvalue weighted by atomic mass is 10.3.